The number of amides is 2. The lowest BCUT2D eigenvalue weighted by Crippen LogP contribution is -2.36. The smallest absolute Gasteiger partial charge is 0.255 e. The summed E-state index contributed by atoms with van der Waals surface area (Å²) in [6, 6.07) is 19.7. The molecule has 3 aromatic rings. The second-order valence-corrected chi connectivity index (χ2v) is 8.69. The second-order valence-electron chi connectivity index (χ2n) is 8.69. The van der Waals surface area contributed by atoms with Gasteiger partial charge in [0, 0.05) is 25.3 Å². The van der Waals surface area contributed by atoms with Gasteiger partial charge in [-0.3, -0.25) is 14.5 Å². The Morgan fingerprint density at radius 2 is 1.86 bits per heavy atom. The third-order valence-electron chi connectivity index (χ3n) is 6.06. The summed E-state index contributed by atoms with van der Waals surface area (Å²) in [5.41, 5.74) is 4.08. The fourth-order valence-corrected chi connectivity index (χ4v) is 4.17. The van der Waals surface area contributed by atoms with Crippen molar-refractivity contribution in [2.75, 3.05) is 31.6 Å². The molecule has 182 valence electrons. The second kappa shape index (κ2) is 11.6. The number of carbonyl (C=O) groups is 2. The molecule has 35 heavy (non-hydrogen) atoms. The van der Waals surface area contributed by atoms with Crippen molar-refractivity contribution in [3.05, 3.63) is 94.8 Å². The number of anilines is 1. The van der Waals surface area contributed by atoms with Crippen LogP contribution in [0.2, 0.25) is 0 Å². The molecule has 0 fully saturated rings. The van der Waals surface area contributed by atoms with Crippen molar-refractivity contribution < 1.29 is 18.7 Å². The van der Waals surface area contributed by atoms with Gasteiger partial charge in [0.1, 0.15) is 18.2 Å². The number of carbonyl (C=O) groups excluding carboxylic acids is 2. The normalized spacial score (nSPS) is 15.1. The Hall–Kier alpha value is -3.71. The predicted molar refractivity (Wildman–Crippen MR) is 134 cm³/mol. The lowest BCUT2D eigenvalue weighted by Gasteiger charge is -2.24. The molecule has 1 aliphatic rings. The number of aryl methyl sites for hydroxylation is 2. The molecule has 0 unspecified atom stereocenters. The van der Waals surface area contributed by atoms with Crippen LogP contribution in [0.4, 0.5) is 10.1 Å². The highest BCUT2D eigenvalue weighted by molar-refractivity contribution is 5.96. The van der Waals surface area contributed by atoms with Crippen LogP contribution in [0.15, 0.2) is 66.7 Å². The average Bonchev–Trinajstić information content (AvgIpc) is 2.84. The standard InChI is InChI=1S/C28H30FN3O3/c1-20-12-13-23(29)17-25(20)31-27(33)19-32-15-16-35-26-11-5-4-10-24(26)28(34)30-14-6-9-21-7-2-3-8-22(21)18-32/h2-5,7-8,10-13,17H,6,9,14-16,18-19H2,1H3,(H,30,34)(H,31,33). The molecule has 1 aliphatic heterocycles. The van der Waals surface area contributed by atoms with E-state index in [1.54, 1.807) is 18.2 Å². The van der Waals surface area contributed by atoms with Crippen molar-refractivity contribution >= 4 is 17.5 Å². The number of rotatable bonds is 3. The Morgan fingerprint density at radius 1 is 1.09 bits per heavy atom. The van der Waals surface area contributed by atoms with E-state index in [1.807, 2.05) is 36.1 Å². The molecule has 7 heteroatoms. The molecule has 0 spiro atoms. The first-order valence-corrected chi connectivity index (χ1v) is 11.8. The minimum atomic E-state index is -0.394. The van der Waals surface area contributed by atoms with Gasteiger partial charge in [-0.15, -0.1) is 0 Å². The number of fused-ring (bicyclic) bond motifs is 2. The van der Waals surface area contributed by atoms with Crippen molar-refractivity contribution in [2.24, 2.45) is 0 Å². The first-order valence-electron chi connectivity index (χ1n) is 11.8. The van der Waals surface area contributed by atoms with E-state index >= 15 is 0 Å². The van der Waals surface area contributed by atoms with Gasteiger partial charge in [0.2, 0.25) is 5.91 Å². The van der Waals surface area contributed by atoms with Gasteiger partial charge in [-0.25, -0.2) is 4.39 Å². The molecule has 1 heterocycles. The van der Waals surface area contributed by atoms with Crippen LogP contribution in [0, 0.1) is 12.7 Å². The lowest BCUT2D eigenvalue weighted by atomic mass is 10.0. The van der Waals surface area contributed by atoms with Gasteiger partial charge in [-0.1, -0.05) is 42.5 Å². The van der Waals surface area contributed by atoms with E-state index in [2.05, 4.69) is 22.8 Å². The lowest BCUT2D eigenvalue weighted by molar-refractivity contribution is -0.117. The van der Waals surface area contributed by atoms with Crippen LogP contribution < -0.4 is 15.4 Å². The van der Waals surface area contributed by atoms with Gasteiger partial charge in [0.05, 0.1) is 12.1 Å². The molecule has 3 aromatic carbocycles. The van der Waals surface area contributed by atoms with E-state index < -0.39 is 5.82 Å². The number of para-hydroxylation sites is 1. The number of nitrogens with one attached hydrogen (secondary N) is 2. The van der Waals surface area contributed by atoms with E-state index in [4.69, 9.17) is 4.74 Å². The van der Waals surface area contributed by atoms with E-state index in [0.717, 1.165) is 24.0 Å². The highest BCUT2D eigenvalue weighted by Crippen LogP contribution is 2.20. The van der Waals surface area contributed by atoms with Crippen LogP contribution in [0.1, 0.15) is 33.5 Å². The van der Waals surface area contributed by atoms with Crippen LogP contribution >= 0.6 is 0 Å². The topological polar surface area (TPSA) is 70.7 Å². The van der Waals surface area contributed by atoms with Gasteiger partial charge in [0.15, 0.2) is 0 Å². The van der Waals surface area contributed by atoms with Gasteiger partial charge < -0.3 is 15.4 Å². The zero-order chi connectivity index (χ0) is 24.6. The molecule has 0 radical (unpaired) electrons. The third-order valence-corrected chi connectivity index (χ3v) is 6.06. The maximum Gasteiger partial charge on any atom is 0.255 e. The summed E-state index contributed by atoms with van der Waals surface area (Å²) >= 11 is 0. The first kappa shape index (κ1) is 24.4. The molecule has 0 bridgehead atoms. The fourth-order valence-electron chi connectivity index (χ4n) is 4.17. The van der Waals surface area contributed by atoms with Gasteiger partial charge in [-0.2, -0.15) is 0 Å². The quantitative estimate of drug-likeness (QED) is 0.592. The maximum atomic E-state index is 13.7. The summed E-state index contributed by atoms with van der Waals surface area (Å²) < 4.78 is 19.7. The van der Waals surface area contributed by atoms with E-state index in [0.29, 0.717) is 43.2 Å². The molecule has 0 saturated carbocycles. The van der Waals surface area contributed by atoms with Gasteiger partial charge in [0.25, 0.3) is 5.91 Å². The number of halogens is 1. The minimum Gasteiger partial charge on any atom is -0.491 e. The maximum absolute atomic E-state index is 13.7. The zero-order valence-electron chi connectivity index (χ0n) is 19.9. The monoisotopic (exact) mass is 475 g/mol. The number of ether oxygens (including phenoxy) is 1. The fraction of sp³-hybridized carbons (Fsp3) is 0.286. The summed E-state index contributed by atoms with van der Waals surface area (Å²) in [7, 11) is 0. The Morgan fingerprint density at radius 3 is 2.71 bits per heavy atom. The van der Waals surface area contributed by atoms with Crippen LogP contribution in [0.25, 0.3) is 0 Å². The summed E-state index contributed by atoms with van der Waals surface area (Å²) in [6.45, 7) is 3.85. The van der Waals surface area contributed by atoms with Crippen molar-refractivity contribution in [3.8, 4) is 5.75 Å². The molecule has 0 atom stereocenters. The van der Waals surface area contributed by atoms with Crippen molar-refractivity contribution in [2.45, 2.75) is 26.3 Å². The predicted octanol–water partition coefficient (Wildman–Crippen LogP) is 4.33. The highest BCUT2D eigenvalue weighted by atomic mass is 19.1. The number of hydrogen-bond acceptors (Lipinski definition) is 4. The average molecular weight is 476 g/mol. The molecule has 2 amide bonds. The van der Waals surface area contributed by atoms with Crippen LogP contribution in [-0.4, -0.2) is 43.0 Å². The Labute approximate surface area is 205 Å². The zero-order valence-corrected chi connectivity index (χ0v) is 19.9. The highest BCUT2D eigenvalue weighted by Gasteiger charge is 2.17. The van der Waals surface area contributed by atoms with E-state index in [-0.39, 0.29) is 18.4 Å². The summed E-state index contributed by atoms with van der Waals surface area (Å²) in [4.78, 5) is 27.6. The van der Waals surface area contributed by atoms with Gasteiger partial charge in [-0.05, 0) is 60.7 Å². The number of benzene rings is 3. The number of nitrogens with zero attached hydrogens (tertiary/aromatic N) is 1. The van der Waals surface area contributed by atoms with Crippen molar-refractivity contribution in [1.29, 1.82) is 0 Å². The molecule has 0 aromatic heterocycles. The van der Waals surface area contributed by atoms with E-state index in [9.17, 15) is 14.0 Å². The molecule has 2 N–H and O–H groups in total. The summed E-state index contributed by atoms with van der Waals surface area (Å²) in [5.74, 6) is -0.263. The Kier molecular flexibility index (Phi) is 8.11. The minimum absolute atomic E-state index is 0.121. The SMILES string of the molecule is Cc1ccc(F)cc1NC(=O)CN1CCOc2ccccc2C(=O)NCCCc2ccccc2C1. The van der Waals surface area contributed by atoms with Crippen molar-refractivity contribution in [3.63, 3.8) is 0 Å². The molecular weight excluding hydrogens is 445 g/mol. The summed E-state index contributed by atoms with van der Waals surface area (Å²) in [6.07, 6.45) is 1.61. The largest absolute Gasteiger partial charge is 0.491 e. The third kappa shape index (κ3) is 6.67. The Balaban J connectivity index is 1.53. The molecule has 0 aliphatic carbocycles. The van der Waals surface area contributed by atoms with Crippen LogP contribution in [-0.2, 0) is 17.8 Å². The molecule has 4 rings (SSSR count). The van der Waals surface area contributed by atoms with Crippen LogP contribution in [0.3, 0.4) is 0 Å². The summed E-state index contributed by atoms with van der Waals surface area (Å²) in [5, 5.41) is 5.82. The molecule has 0 saturated heterocycles. The number of hydrogen-bond donors (Lipinski definition) is 2. The van der Waals surface area contributed by atoms with Gasteiger partial charge >= 0.3 is 0 Å². The Bertz CT molecular complexity index is 1200. The molecule has 6 nitrogen and oxygen atoms in total. The van der Waals surface area contributed by atoms with Crippen LogP contribution in [0.5, 0.6) is 5.75 Å². The van der Waals surface area contributed by atoms with Crippen molar-refractivity contribution in [1.82, 2.24) is 10.2 Å². The molecular formula is C28H30FN3O3. The first-order chi connectivity index (χ1) is 17.0. The van der Waals surface area contributed by atoms with E-state index in [1.165, 1.54) is 17.7 Å².